The van der Waals surface area contributed by atoms with Gasteiger partial charge < -0.3 is 9.84 Å². The summed E-state index contributed by atoms with van der Waals surface area (Å²) in [6, 6.07) is 0. The zero-order valence-corrected chi connectivity index (χ0v) is 16.0. The third-order valence-corrected chi connectivity index (χ3v) is 5.38. The maximum Gasteiger partial charge on any atom is 0.274 e. The van der Waals surface area contributed by atoms with Gasteiger partial charge in [0.1, 0.15) is 5.76 Å². The van der Waals surface area contributed by atoms with E-state index in [1.165, 1.54) is 0 Å². The number of nitrogens with zero attached hydrogens (tertiary/aromatic N) is 2. The SMILES string of the molecule is CCCC(C)(N(C)CC)C(C)(C)NC(=O)c1noc(CC)c1C. The number of hydrogen-bond acceptors (Lipinski definition) is 4. The van der Waals surface area contributed by atoms with E-state index in [1.54, 1.807) is 0 Å². The molecule has 0 fully saturated rings. The Kier molecular flexibility index (Phi) is 6.40. The lowest BCUT2D eigenvalue weighted by Crippen LogP contribution is -2.66. The van der Waals surface area contributed by atoms with Crippen molar-refractivity contribution < 1.29 is 9.32 Å². The molecule has 0 aliphatic carbocycles. The predicted octanol–water partition coefficient (Wildman–Crippen LogP) is 3.56. The molecule has 1 rings (SSSR count). The molecule has 0 spiro atoms. The highest BCUT2D eigenvalue weighted by atomic mass is 16.5. The molecule has 1 aromatic rings. The van der Waals surface area contributed by atoms with Crippen LogP contribution in [0, 0.1) is 6.92 Å². The number of likely N-dealkylation sites (N-methyl/N-ethyl adjacent to an activating group) is 1. The van der Waals surface area contributed by atoms with Gasteiger partial charge in [0, 0.05) is 17.5 Å². The van der Waals surface area contributed by atoms with E-state index in [-0.39, 0.29) is 11.4 Å². The summed E-state index contributed by atoms with van der Waals surface area (Å²) in [4.78, 5) is 15.0. The lowest BCUT2D eigenvalue weighted by molar-refractivity contribution is 0.0367. The first-order valence-electron chi connectivity index (χ1n) is 8.63. The highest BCUT2D eigenvalue weighted by Gasteiger charge is 2.44. The molecule has 1 atom stereocenters. The number of hydrogen-bond donors (Lipinski definition) is 1. The second kappa shape index (κ2) is 7.47. The quantitative estimate of drug-likeness (QED) is 0.794. The van der Waals surface area contributed by atoms with Crippen LogP contribution in [0.1, 0.15) is 76.2 Å². The third kappa shape index (κ3) is 3.77. The van der Waals surface area contributed by atoms with E-state index in [2.05, 4.69) is 57.0 Å². The Balaban J connectivity index is 3.07. The van der Waals surface area contributed by atoms with Crippen LogP contribution in [0.5, 0.6) is 0 Å². The Morgan fingerprint density at radius 1 is 1.26 bits per heavy atom. The predicted molar refractivity (Wildman–Crippen MR) is 93.8 cm³/mol. The lowest BCUT2D eigenvalue weighted by atomic mass is 9.76. The molecule has 0 aliphatic heterocycles. The van der Waals surface area contributed by atoms with Crippen molar-refractivity contribution in [2.75, 3.05) is 13.6 Å². The van der Waals surface area contributed by atoms with E-state index in [0.29, 0.717) is 5.69 Å². The molecule has 23 heavy (non-hydrogen) atoms. The smallest absolute Gasteiger partial charge is 0.274 e. The molecular weight excluding hydrogens is 290 g/mol. The maximum absolute atomic E-state index is 12.7. The fourth-order valence-electron chi connectivity index (χ4n) is 3.21. The van der Waals surface area contributed by atoms with Gasteiger partial charge in [-0.2, -0.15) is 0 Å². The van der Waals surface area contributed by atoms with Gasteiger partial charge >= 0.3 is 0 Å². The summed E-state index contributed by atoms with van der Waals surface area (Å²) in [6.45, 7) is 15.5. The lowest BCUT2D eigenvalue weighted by Gasteiger charge is -2.50. The van der Waals surface area contributed by atoms with Gasteiger partial charge in [-0.3, -0.25) is 9.69 Å². The minimum atomic E-state index is -0.400. The fourth-order valence-corrected chi connectivity index (χ4v) is 3.21. The van der Waals surface area contributed by atoms with Crippen LogP contribution in [-0.2, 0) is 6.42 Å². The van der Waals surface area contributed by atoms with Crippen molar-refractivity contribution in [2.24, 2.45) is 0 Å². The van der Waals surface area contributed by atoms with Crippen LogP contribution in [0.25, 0.3) is 0 Å². The topological polar surface area (TPSA) is 58.4 Å². The Hall–Kier alpha value is -1.36. The summed E-state index contributed by atoms with van der Waals surface area (Å²) in [6.07, 6.45) is 2.80. The van der Waals surface area contributed by atoms with E-state index in [0.717, 1.165) is 37.1 Å². The minimum absolute atomic E-state index is 0.141. The maximum atomic E-state index is 12.7. The Labute approximate surface area is 140 Å². The Morgan fingerprint density at radius 2 is 1.87 bits per heavy atom. The molecule has 0 aromatic carbocycles. The second-order valence-corrected chi connectivity index (χ2v) is 7.05. The average molecular weight is 323 g/mol. The van der Waals surface area contributed by atoms with Gasteiger partial charge in [-0.15, -0.1) is 0 Å². The molecule has 1 unspecified atom stereocenters. The number of carbonyl (C=O) groups is 1. The summed E-state index contributed by atoms with van der Waals surface area (Å²) in [5, 5.41) is 7.15. The molecule has 0 radical (unpaired) electrons. The van der Waals surface area contributed by atoms with Crippen LogP contribution in [0.15, 0.2) is 4.52 Å². The van der Waals surface area contributed by atoms with Crippen LogP contribution in [0.2, 0.25) is 0 Å². The molecule has 0 bridgehead atoms. The van der Waals surface area contributed by atoms with Crippen molar-refractivity contribution in [1.82, 2.24) is 15.4 Å². The molecule has 1 heterocycles. The van der Waals surface area contributed by atoms with E-state index < -0.39 is 5.54 Å². The van der Waals surface area contributed by atoms with Crippen LogP contribution in [-0.4, -0.2) is 40.6 Å². The summed E-state index contributed by atoms with van der Waals surface area (Å²) in [7, 11) is 2.11. The number of carbonyl (C=O) groups excluding carboxylic acids is 1. The van der Waals surface area contributed by atoms with Crippen molar-refractivity contribution in [2.45, 2.75) is 78.8 Å². The first kappa shape index (κ1) is 19.7. The van der Waals surface area contributed by atoms with Crippen LogP contribution in [0.3, 0.4) is 0 Å². The van der Waals surface area contributed by atoms with Gasteiger partial charge in [-0.1, -0.05) is 32.3 Å². The second-order valence-electron chi connectivity index (χ2n) is 7.05. The van der Waals surface area contributed by atoms with Crippen LogP contribution >= 0.6 is 0 Å². The standard InChI is InChI=1S/C18H33N3O2/c1-9-12-18(7,21(8)11-3)17(5,6)19-16(22)15-13(4)14(10-2)23-20-15/h9-12H2,1-8H3,(H,19,22). The zero-order valence-electron chi connectivity index (χ0n) is 16.0. The number of aryl methyl sites for hydroxylation is 1. The number of nitrogens with one attached hydrogen (secondary N) is 1. The van der Waals surface area contributed by atoms with E-state index >= 15 is 0 Å². The van der Waals surface area contributed by atoms with Crippen molar-refractivity contribution in [1.29, 1.82) is 0 Å². The van der Waals surface area contributed by atoms with Crippen molar-refractivity contribution in [3.63, 3.8) is 0 Å². The third-order valence-electron chi connectivity index (χ3n) is 5.38. The van der Waals surface area contributed by atoms with Crippen LogP contribution < -0.4 is 5.32 Å². The summed E-state index contributed by atoms with van der Waals surface area (Å²) in [5.41, 5.74) is 0.690. The summed E-state index contributed by atoms with van der Waals surface area (Å²) < 4.78 is 5.26. The minimum Gasteiger partial charge on any atom is -0.360 e. The monoisotopic (exact) mass is 323 g/mol. The van der Waals surface area contributed by atoms with Gasteiger partial charge in [0.2, 0.25) is 0 Å². The van der Waals surface area contributed by atoms with Crippen molar-refractivity contribution >= 4 is 5.91 Å². The van der Waals surface area contributed by atoms with Gasteiger partial charge in [0.15, 0.2) is 5.69 Å². The van der Waals surface area contributed by atoms with E-state index in [1.807, 2.05) is 13.8 Å². The normalized spacial score (nSPS) is 14.8. The molecule has 132 valence electrons. The molecule has 0 aliphatic rings. The highest BCUT2D eigenvalue weighted by molar-refractivity contribution is 5.94. The van der Waals surface area contributed by atoms with Gasteiger partial charge in [-0.25, -0.2) is 0 Å². The van der Waals surface area contributed by atoms with Crippen molar-refractivity contribution in [3.05, 3.63) is 17.0 Å². The zero-order chi connectivity index (χ0) is 17.8. The number of amides is 1. The van der Waals surface area contributed by atoms with E-state index in [9.17, 15) is 4.79 Å². The largest absolute Gasteiger partial charge is 0.360 e. The molecule has 5 nitrogen and oxygen atoms in total. The molecular formula is C18H33N3O2. The first-order chi connectivity index (χ1) is 10.6. The Morgan fingerprint density at radius 3 is 2.30 bits per heavy atom. The highest BCUT2D eigenvalue weighted by Crippen LogP contribution is 2.32. The summed E-state index contributed by atoms with van der Waals surface area (Å²) >= 11 is 0. The molecule has 0 saturated carbocycles. The summed E-state index contributed by atoms with van der Waals surface area (Å²) in [5.74, 6) is 0.609. The molecule has 0 saturated heterocycles. The number of rotatable bonds is 8. The van der Waals surface area contributed by atoms with Gasteiger partial charge in [-0.05, 0) is 47.7 Å². The van der Waals surface area contributed by atoms with E-state index in [4.69, 9.17) is 4.52 Å². The molecule has 1 N–H and O–H groups in total. The molecule has 1 aromatic heterocycles. The van der Waals surface area contributed by atoms with Crippen molar-refractivity contribution in [3.8, 4) is 0 Å². The molecule has 1 amide bonds. The molecule has 5 heteroatoms. The van der Waals surface area contributed by atoms with Gasteiger partial charge in [0.25, 0.3) is 5.91 Å². The average Bonchev–Trinajstić information content (AvgIpc) is 2.86. The van der Waals surface area contributed by atoms with Gasteiger partial charge in [0.05, 0.1) is 5.54 Å². The van der Waals surface area contributed by atoms with Crippen LogP contribution in [0.4, 0.5) is 0 Å². The Bertz CT molecular complexity index is 536. The fraction of sp³-hybridized carbons (Fsp3) is 0.778. The number of aromatic nitrogens is 1. The first-order valence-corrected chi connectivity index (χ1v) is 8.63.